The molecule has 46 heavy (non-hydrogen) atoms. The second-order valence-corrected chi connectivity index (χ2v) is 20.0. The normalized spacial score (nSPS) is 23.1. The lowest BCUT2D eigenvalue weighted by atomic mass is 10.0. The Kier molecular flexibility index (Phi) is 10.8. The van der Waals surface area contributed by atoms with Crippen LogP contribution in [0, 0.1) is 0 Å². The maximum absolute atomic E-state index is 13.4. The van der Waals surface area contributed by atoms with E-state index in [2.05, 4.69) is 25.0 Å². The van der Waals surface area contributed by atoms with Crippen LogP contribution in [0.5, 0.6) is 5.75 Å². The minimum Gasteiger partial charge on any atom is -0.487 e. The highest BCUT2D eigenvalue weighted by Crippen LogP contribution is 2.32. The third-order valence-electron chi connectivity index (χ3n) is 8.02. The number of nitrogens with one attached hydrogen (secondary N) is 1. The van der Waals surface area contributed by atoms with Crippen LogP contribution in [0.25, 0.3) is 0 Å². The van der Waals surface area contributed by atoms with Crippen molar-refractivity contribution in [3.05, 3.63) is 29.3 Å². The van der Waals surface area contributed by atoms with Crippen molar-refractivity contribution in [1.82, 2.24) is 20.0 Å². The maximum atomic E-state index is 13.4. The summed E-state index contributed by atoms with van der Waals surface area (Å²) < 4.78 is 56.8. The molecule has 1 aromatic rings. The number of alkyl carbamates (subject to hydrolysis) is 1. The van der Waals surface area contributed by atoms with Crippen LogP contribution in [0.2, 0.25) is 25.7 Å². The van der Waals surface area contributed by atoms with E-state index in [4.69, 9.17) is 14.2 Å². The molecule has 1 N–H and O–H groups in total. The van der Waals surface area contributed by atoms with Crippen molar-refractivity contribution >= 4 is 31.9 Å². The summed E-state index contributed by atoms with van der Waals surface area (Å²) in [5, 5.41) is 2.74. The number of piperidine rings is 2. The molecule has 15 heteroatoms. The molecule has 256 valence electrons. The summed E-state index contributed by atoms with van der Waals surface area (Å²) in [4.78, 5) is 55.6. The van der Waals surface area contributed by atoms with E-state index in [1.807, 2.05) is 0 Å². The van der Waals surface area contributed by atoms with Crippen LogP contribution in [0.4, 0.5) is 18.0 Å². The second kappa shape index (κ2) is 13.9. The molecule has 11 nitrogen and oxygen atoms in total. The Morgan fingerprint density at radius 1 is 1.09 bits per heavy atom. The molecule has 1 aromatic carbocycles. The van der Waals surface area contributed by atoms with Gasteiger partial charge in [0.15, 0.2) is 0 Å². The zero-order valence-electron chi connectivity index (χ0n) is 27.4. The predicted octanol–water partition coefficient (Wildman–Crippen LogP) is 4.38. The van der Waals surface area contributed by atoms with Crippen LogP contribution in [-0.4, -0.2) is 110 Å². The number of carbonyl (C=O) groups excluding carboxylic acids is 4. The van der Waals surface area contributed by atoms with Crippen molar-refractivity contribution < 1.29 is 46.6 Å². The first-order valence-corrected chi connectivity index (χ1v) is 19.3. The SMILES string of the molecule is CC(C)(C)OC(=O)N[C@@H]1CCN(CC(F)(F)F)C[C@H]1Oc1ccc2c(c1)CN(C1CCC(=O)N(COCC[Si](C)(C)C)C1=O)C2=O. The summed E-state index contributed by atoms with van der Waals surface area (Å²) in [5.74, 6) is -0.862. The topological polar surface area (TPSA) is 118 Å². The average Bonchev–Trinajstić information content (AvgIpc) is 3.22. The minimum atomic E-state index is -4.40. The molecule has 4 amide bonds. The van der Waals surface area contributed by atoms with Crippen LogP contribution in [0.15, 0.2) is 18.2 Å². The first-order chi connectivity index (χ1) is 21.3. The number of likely N-dealkylation sites (tertiary alicyclic amines) is 2. The number of rotatable bonds is 10. The van der Waals surface area contributed by atoms with Crippen LogP contribution >= 0.6 is 0 Å². The monoisotopic (exact) mass is 670 g/mol. The number of halogens is 3. The Balaban J connectivity index is 1.45. The second-order valence-electron chi connectivity index (χ2n) is 14.4. The third kappa shape index (κ3) is 9.67. The third-order valence-corrected chi connectivity index (χ3v) is 9.73. The van der Waals surface area contributed by atoms with E-state index < -0.39 is 56.6 Å². The molecule has 1 unspecified atom stereocenters. The van der Waals surface area contributed by atoms with Gasteiger partial charge < -0.3 is 24.4 Å². The zero-order valence-corrected chi connectivity index (χ0v) is 28.4. The molecule has 2 saturated heterocycles. The Labute approximate surface area is 268 Å². The fourth-order valence-corrected chi connectivity index (χ4v) is 6.48. The highest BCUT2D eigenvalue weighted by molar-refractivity contribution is 6.76. The summed E-state index contributed by atoms with van der Waals surface area (Å²) >= 11 is 0. The van der Waals surface area contributed by atoms with Crippen LogP contribution in [0.1, 0.15) is 56.0 Å². The zero-order chi connectivity index (χ0) is 34.0. The maximum Gasteiger partial charge on any atom is 0.408 e. The lowest BCUT2D eigenvalue weighted by Gasteiger charge is -2.39. The molecule has 0 aromatic heterocycles. The molecule has 3 heterocycles. The number of carbonyl (C=O) groups is 4. The smallest absolute Gasteiger partial charge is 0.408 e. The molecule has 3 aliphatic heterocycles. The van der Waals surface area contributed by atoms with Gasteiger partial charge in [0.05, 0.1) is 12.6 Å². The number of benzene rings is 1. The first-order valence-electron chi connectivity index (χ1n) is 15.6. The van der Waals surface area contributed by atoms with Gasteiger partial charge in [-0.1, -0.05) is 19.6 Å². The fraction of sp³-hybridized carbons (Fsp3) is 0.677. The average molecular weight is 671 g/mol. The van der Waals surface area contributed by atoms with Gasteiger partial charge in [0.2, 0.25) is 5.91 Å². The molecule has 0 radical (unpaired) electrons. The molecule has 0 spiro atoms. The van der Waals surface area contributed by atoms with Crippen LogP contribution in [0.3, 0.4) is 0 Å². The number of nitrogens with zero attached hydrogens (tertiary/aromatic N) is 3. The molecule has 2 fully saturated rings. The standard InChI is InChI=1S/C31H45F3N4O7Si/c1-30(2,3)45-29(42)35-23-11-12-36(18-31(32,33)34)17-25(23)44-21-7-8-22-20(15-21)16-37(27(22)40)24-9-10-26(39)38(28(24)41)19-43-13-14-46(4,5)6/h7-8,15,23-25H,9-14,16-19H2,1-6H3,(H,35,42)/t23-,24?,25-/m1/s1. The Bertz CT molecular complexity index is 1310. The van der Waals surface area contributed by atoms with Crippen molar-refractivity contribution in [3.63, 3.8) is 0 Å². The van der Waals surface area contributed by atoms with E-state index in [1.165, 1.54) is 9.80 Å². The van der Waals surface area contributed by atoms with Crippen LogP contribution < -0.4 is 10.1 Å². The minimum absolute atomic E-state index is 0.0947. The van der Waals surface area contributed by atoms with Gasteiger partial charge in [-0.25, -0.2) is 4.79 Å². The van der Waals surface area contributed by atoms with Crippen molar-refractivity contribution in [2.24, 2.45) is 0 Å². The Morgan fingerprint density at radius 2 is 1.80 bits per heavy atom. The fourth-order valence-electron chi connectivity index (χ4n) is 5.72. The van der Waals surface area contributed by atoms with Gasteiger partial charge in [-0.05, 0) is 63.4 Å². The predicted molar refractivity (Wildman–Crippen MR) is 165 cm³/mol. The van der Waals surface area contributed by atoms with Gasteiger partial charge in [0.1, 0.15) is 30.2 Å². The van der Waals surface area contributed by atoms with Gasteiger partial charge in [-0.2, -0.15) is 13.2 Å². The summed E-state index contributed by atoms with van der Waals surface area (Å²) in [5.41, 5.74) is 0.200. The van der Waals surface area contributed by atoms with E-state index in [-0.39, 0.29) is 57.4 Å². The van der Waals surface area contributed by atoms with E-state index in [1.54, 1.807) is 39.0 Å². The van der Waals surface area contributed by atoms with Gasteiger partial charge in [0, 0.05) is 46.3 Å². The van der Waals surface area contributed by atoms with E-state index in [9.17, 15) is 32.3 Å². The van der Waals surface area contributed by atoms with Crippen molar-refractivity contribution in [2.45, 2.75) is 102 Å². The first kappa shape index (κ1) is 35.7. The number of fused-ring (bicyclic) bond motifs is 1. The molecule has 3 aliphatic rings. The highest BCUT2D eigenvalue weighted by Gasteiger charge is 2.43. The molecule has 0 bridgehead atoms. The largest absolute Gasteiger partial charge is 0.487 e. The van der Waals surface area contributed by atoms with Gasteiger partial charge in [-0.15, -0.1) is 0 Å². The molecule has 0 aliphatic carbocycles. The van der Waals surface area contributed by atoms with Crippen molar-refractivity contribution in [2.75, 3.05) is 33.0 Å². The number of hydrogen-bond donors (Lipinski definition) is 1. The molecule has 0 saturated carbocycles. The van der Waals surface area contributed by atoms with Gasteiger partial charge in [-0.3, -0.25) is 24.2 Å². The summed E-state index contributed by atoms with van der Waals surface area (Å²) in [6, 6.07) is 4.18. The summed E-state index contributed by atoms with van der Waals surface area (Å²) in [6.45, 7) is 11.0. The Morgan fingerprint density at radius 3 is 2.46 bits per heavy atom. The Hall–Kier alpha value is -3.17. The van der Waals surface area contributed by atoms with E-state index in [0.29, 0.717) is 23.5 Å². The van der Waals surface area contributed by atoms with Crippen molar-refractivity contribution in [1.29, 1.82) is 0 Å². The number of hydrogen-bond acceptors (Lipinski definition) is 8. The number of imide groups is 1. The van der Waals surface area contributed by atoms with Gasteiger partial charge >= 0.3 is 12.3 Å². The molecular weight excluding hydrogens is 625 g/mol. The van der Waals surface area contributed by atoms with Gasteiger partial charge in [0.25, 0.3) is 11.8 Å². The van der Waals surface area contributed by atoms with E-state index >= 15 is 0 Å². The number of alkyl halides is 3. The van der Waals surface area contributed by atoms with Crippen LogP contribution in [-0.2, 0) is 25.6 Å². The molecule has 4 rings (SSSR count). The quantitative estimate of drug-likeness (QED) is 0.222. The van der Waals surface area contributed by atoms with Crippen molar-refractivity contribution in [3.8, 4) is 5.75 Å². The lowest BCUT2D eigenvalue weighted by Crippen LogP contribution is -2.58. The number of amides is 4. The number of ether oxygens (including phenoxy) is 3. The summed E-state index contributed by atoms with van der Waals surface area (Å²) in [6.07, 6.45) is -5.43. The summed E-state index contributed by atoms with van der Waals surface area (Å²) in [7, 11) is -1.36. The molecular formula is C31H45F3N4O7Si. The van der Waals surface area contributed by atoms with E-state index in [0.717, 1.165) is 10.9 Å². The lowest BCUT2D eigenvalue weighted by molar-refractivity contribution is -0.158. The molecule has 3 atom stereocenters. The highest BCUT2D eigenvalue weighted by atomic mass is 28.3.